The number of hydrogen-bond acceptors (Lipinski definition) is 5. The first kappa shape index (κ1) is 24.3. The van der Waals surface area contributed by atoms with Crippen molar-refractivity contribution in [1.82, 2.24) is 9.80 Å². The molecule has 0 radical (unpaired) electrons. The largest absolute Gasteiger partial charge is 0.482 e. The summed E-state index contributed by atoms with van der Waals surface area (Å²) in [6.07, 6.45) is -2.11. The van der Waals surface area contributed by atoms with Crippen molar-refractivity contribution in [3.8, 4) is 5.75 Å². The van der Waals surface area contributed by atoms with Gasteiger partial charge in [-0.25, -0.2) is 0 Å². The van der Waals surface area contributed by atoms with E-state index in [0.29, 0.717) is 44.6 Å². The fourth-order valence-corrected chi connectivity index (χ4v) is 3.71. The van der Waals surface area contributed by atoms with Gasteiger partial charge in [0.1, 0.15) is 5.75 Å². The minimum Gasteiger partial charge on any atom is -0.482 e. The molecule has 2 fully saturated rings. The molecule has 10 heteroatoms. The summed E-state index contributed by atoms with van der Waals surface area (Å²) in [6.45, 7) is 2.79. The zero-order chi connectivity index (χ0) is 20.9. The molecule has 0 spiro atoms. The normalized spacial score (nSPS) is 18.4. The van der Waals surface area contributed by atoms with Crippen molar-refractivity contribution in [1.29, 1.82) is 0 Å². The van der Waals surface area contributed by atoms with Gasteiger partial charge in [0.15, 0.2) is 6.61 Å². The highest BCUT2D eigenvalue weighted by Crippen LogP contribution is 2.30. The summed E-state index contributed by atoms with van der Waals surface area (Å²) in [5.41, 5.74) is 0.668. The standard InChI is InChI=1S/C20H26F3N3O3.ClH/c21-20(22,23)15-29-17-6-2-1-5-16(17)25-13-11-24(12-14-25)9-4-10-26-18(27)7-3-8-19(26)28;/h1-2,5-6H,3-4,7-15H2;1H. The number of imide groups is 1. The van der Waals surface area contributed by atoms with E-state index in [0.717, 1.165) is 26.1 Å². The second-order valence-corrected chi connectivity index (χ2v) is 7.35. The summed E-state index contributed by atoms with van der Waals surface area (Å²) < 4.78 is 42.4. The van der Waals surface area contributed by atoms with E-state index in [2.05, 4.69) is 4.90 Å². The van der Waals surface area contributed by atoms with Crippen LogP contribution in [0.2, 0.25) is 0 Å². The van der Waals surface area contributed by atoms with Crippen molar-refractivity contribution < 1.29 is 27.5 Å². The molecule has 6 nitrogen and oxygen atoms in total. The van der Waals surface area contributed by atoms with Crippen molar-refractivity contribution in [3.63, 3.8) is 0 Å². The van der Waals surface area contributed by atoms with Crippen LogP contribution in [-0.2, 0) is 9.59 Å². The minimum absolute atomic E-state index is 0. The van der Waals surface area contributed by atoms with Crippen molar-refractivity contribution in [2.24, 2.45) is 0 Å². The van der Waals surface area contributed by atoms with Gasteiger partial charge in [-0.05, 0) is 31.5 Å². The van der Waals surface area contributed by atoms with Gasteiger partial charge in [-0.2, -0.15) is 13.2 Å². The number of piperazine rings is 1. The lowest BCUT2D eigenvalue weighted by Gasteiger charge is -2.37. The van der Waals surface area contributed by atoms with Crippen LogP contribution in [0.3, 0.4) is 0 Å². The predicted molar refractivity (Wildman–Crippen MR) is 109 cm³/mol. The summed E-state index contributed by atoms with van der Waals surface area (Å²) in [4.78, 5) is 29.3. The lowest BCUT2D eigenvalue weighted by atomic mass is 10.1. The fourth-order valence-electron chi connectivity index (χ4n) is 3.71. The van der Waals surface area contributed by atoms with E-state index >= 15 is 0 Å². The summed E-state index contributed by atoms with van der Waals surface area (Å²) in [5, 5.41) is 0. The van der Waals surface area contributed by atoms with Crippen LogP contribution in [0, 0.1) is 0 Å². The van der Waals surface area contributed by atoms with Crippen LogP contribution in [0.1, 0.15) is 25.7 Å². The van der Waals surface area contributed by atoms with Crippen molar-refractivity contribution in [2.45, 2.75) is 31.9 Å². The molecule has 1 aromatic rings. The summed E-state index contributed by atoms with van der Waals surface area (Å²) in [6, 6.07) is 6.78. The molecule has 0 N–H and O–H groups in total. The smallest absolute Gasteiger partial charge is 0.422 e. The van der Waals surface area contributed by atoms with E-state index in [4.69, 9.17) is 4.74 Å². The number of rotatable bonds is 7. The molecule has 2 saturated heterocycles. The molecule has 30 heavy (non-hydrogen) atoms. The van der Waals surface area contributed by atoms with Gasteiger partial charge in [0.05, 0.1) is 5.69 Å². The highest BCUT2D eigenvalue weighted by Gasteiger charge is 2.29. The Balaban J connectivity index is 0.00000320. The molecule has 2 aliphatic rings. The third-order valence-electron chi connectivity index (χ3n) is 5.21. The number of para-hydroxylation sites is 2. The molecule has 0 unspecified atom stereocenters. The number of carbonyl (C=O) groups is 2. The number of halogens is 4. The van der Waals surface area contributed by atoms with Crippen molar-refractivity contribution >= 4 is 29.9 Å². The SMILES string of the molecule is Cl.O=C1CCCC(=O)N1CCCN1CCN(c2ccccc2OCC(F)(F)F)CC1. The summed E-state index contributed by atoms with van der Waals surface area (Å²) >= 11 is 0. The first-order chi connectivity index (χ1) is 13.8. The number of ether oxygens (including phenoxy) is 1. The highest BCUT2D eigenvalue weighted by atomic mass is 35.5. The second kappa shape index (κ2) is 10.9. The van der Waals surface area contributed by atoms with E-state index in [1.807, 2.05) is 4.90 Å². The van der Waals surface area contributed by atoms with Gasteiger partial charge >= 0.3 is 6.18 Å². The minimum atomic E-state index is -4.37. The van der Waals surface area contributed by atoms with Gasteiger partial charge in [0.2, 0.25) is 11.8 Å². The Kier molecular flexibility index (Phi) is 8.78. The first-order valence-corrected chi connectivity index (χ1v) is 9.92. The third-order valence-corrected chi connectivity index (χ3v) is 5.21. The van der Waals surface area contributed by atoms with Gasteiger partial charge in [0.25, 0.3) is 0 Å². The molecule has 168 valence electrons. The molecule has 1 aromatic carbocycles. The summed E-state index contributed by atoms with van der Waals surface area (Å²) in [7, 11) is 0. The Labute approximate surface area is 180 Å². The number of likely N-dealkylation sites (tertiary alicyclic amines) is 1. The Morgan fingerprint density at radius 3 is 2.20 bits per heavy atom. The van der Waals surface area contributed by atoms with Crippen molar-refractivity contribution in [3.05, 3.63) is 24.3 Å². The Hall–Kier alpha value is -2.00. The fraction of sp³-hybridized carbons (Fsp3) is 0.600. The van der Waals surface area contributed by atoms with Crippen LogP contribution in [0.25, 0.3) is 0 Å². The molecular weight excluding hydrogens is 423 g/mol. The molecule has 2 amide bonds. The van der Waals surface area contributed by atoms with Gasteiger partial charge in [-0.15, -0.1) is 12.4 Å². The number of anilines is 1. The van der Waals surface area contributed by atoms with Gasteiger partial charge in [0, 0.05) is 45.6 Å². The molecule has 0 aromatic heterocycles. The zero-order valence-electron chi connectivity index (χ0n) is 16.7. The van der Waals surface area contributed by atoms with Crippen LogP contribution in [0.4, 0.5) is 18.9 Å². The molecule has 0 aliphatic carbocycles. The van der Waals surface area contributed by atoms with Gasteiger partial charge in [-0.3, -0.25) is 19.4 Å². The number of benzene rings is 1. The van der Waals surface area contributed by atoms with Gasteiger partial charge in [-0.1, -0.05) is 12.1 Å². The number of hydrogen-bond donors (Lipinski definition) is 0. The lowest BCUT2D eigenvalue weighted by molar-refractivity contribution is -0.153. The monoisotopic (exact) mass is 449 g/mol. The van der Waals surface area contributed by atoms with E-state index in [1.165, 1.54) is 4.90 Å². The third kappa shape index (κ3) is 6.77. The van der Waals surface area contributed by atoms with E-state index in [9.17, 15) is 22.8 Å². The Morgan fingerprint density at radius 2 is 1.57 bits per heavy atom. The average Bonchev–Trinajstić information content (AvgIpc) is 2.69. The van der Waals surface area contributed by atoms with Crippen LogP contribution >= 0.6 is 12.4 Å². The first-order valence-electron chi connectivity index (χ1n) is 9.92. The maximum atomic E-state index is 12.5. The number of amides is 2. The number of piperidine rings is 1. The molecule has 2 heterocycles. The molecular formula is C20H27ClF3N3O3. The Morgan fingerprint density at radius 1 is 0.933 bits per heavy atom. The maximum Gasteiger partial charge on any atom is 0.422 e. The topological polar surface area (TPSA) is 53.1 Å². The van der Waals surface area contributed by atoms with E-state index in [-0.39, 0.29) is 30.0 Å². The molecule has 2 aliphatic heterocycles. The van der Waals surface area contributed by atoms with E-state index in [1.54, 1.807) is 24.3 Å². The van der Waals surface area contributed by atoms with Crippen LogP contribution in [0.5, 0.6) is 5.75 Å². The molecule has 0 bridgehead atoms. The quantitative estimate of drug-likeness (QED) is 0.599. The van der Waals surface area contributed by atoms with Crippen LogP contribution in [-0.4, -0.2) is 73.7 Å². The molecule has 0 saturated carbocycles. The maximum absolute atomic E-state index is 12.5. The number of alkyl halides is 3. The van der Waals surface area contributed by atoms with Crippen LogP contribution < -0.4 is 9.64 Å². The highest BCUT2D eigenvalue weighted by molar-refractivity contribution is 5.97. The zero-order valence-corrected chi connectivity index (χ0v) is 17.5. The Bertz CT molecular complexity index is 709. The van der Waals surface area contributed by atoms with Crippen molar-refractivity contribution in [2.75, 3.05) is 50.8 Å². The molecule has 0 atom stereocenters. The average molecular weight is 450 g/mol. The number of carbonyl (C=O) groups excluding carboxylic acids is 2. The number of nitrogens with zero attached hydrogens (tertiary/aromatic N) is 3. The molecule has 3 rings (SSSR count). The lowest BCUT2D eigenvalue weighted by Crippen LogP contribution is -2.47. The van der Waals surface area contributed by atoms with Gasteiger partial charge < -0.3 is 9.64 Å². The second-order valence-electron chi connectivity index (χ2n) is 7.35. The predicted octanol–water partition coefficient (Wildman–Crippen LogP) is 3.10. The van der Waals surface area contributed by atoms with Crippen LogP contribution in [0.15, 0.2) is 24.3 Å². The summed E-state index contributed by atoms with van der Waals surface area (Å²) in [5.74, 6) is 0.0727. The van der Waals surface area contributed by atoms with E-state index < -0.39 is 12.8 Å².